The van der Waals surface area contributed by atoms with E-state index in [1.807, 2.05) is 0 Å². The van der Waals surface area contributed by atoms with Crippen LogP contribution in [0.1, 0.15) is 27.3 Å². The summed E-state index contributed by atoms with van der Waals surface area (Å²) in [7, 11) is 0. The molecule has 0 aliphatic rings. The summed E-state index contributed by atoms with van der Waals surface area (Å²) in [6, 6.07) is 3.19. The Morgan fingerprint density at radius 1 is 1.19 bits per heavy atom. The Kier molecular flexibility index (Phi) is 3.16. The summed E-state index contributed by atoms with van der Waals surface area (Å²) in [5.74, 6) is -0.455. The van der Waals surface area contributed by atoms with E-state index in [-0.39, 0.29) is 18.0 Å². The summed E-state index contributed by atoms with van der Waals surface area (Å²) in [4.78, 5) is 31.0. The van der Waals surface area contributed by atoms with Crippen molar-refractivity contribution in [3.8, 4) is 0 Å². The van der Waals surface area contributed by atoms with Crippen LogP contribution in [0, 0.1) is 0 Å². The van der Waals surface area contributed by atoms with E-state index in [0.29, 0.717) is 11.3 Å². The molecule has 0 radical (unpaired) electrons. The van der Waals surface area contributed by atoms with Crippen molar-refractivity contribution in [2.24, 2.45) is 0 Å². The molecule has 80 valence electrons. The average molecular weight is 232 g/mol. The number of hydrogen-bond donors (Lipinski definition) is 0. The number of carbonyl (C=O) groups excluding carboxylic acids is 2. The van der Waals surface area contributed by atoms with Gasteiger partial charge in [-0.25, -0.2) is 4.98 Å². The van der Waals surface area contributed by atoms with Crippen molar-refractivity contribution in [2.75, 3.05) is 0 Å². The van der Waals surface area contributed by atoms with Gasteiger partial charge in [-0.2, -0.15) is 0 Å². The third kappa shape index (κ3) is 2.38. The molecule has 2 heterocycles. The zero-order valence-electron chi connectivity index (χ0n) is 8.29. The number of hydrogen-bond acceptors (Lipinski definition) is 5. The highest BCUT2D eigenvalue weighted by atomic mass is 32.1. The molecule has 0 spiro atoms. The predicted molar refractivity (Wildman–Crippen MR) is 59.6 cm³/mol. The maximum Gasteiger partial charge on any atom is 0.189 e. The Labute approximate surface area is 96.0 Å². The first-order valence-electron chi connectivity index (χ1n) is 4.62. The number of rotatable bonds is 4. The molecule has 0 aliphatic heterocycles. The van der Waals surface area contributed by atoms with E-state index in [2.05, 4.69) is 9.97 Å². The standard InChI is InChI=1S/C11H8N2O2S/c14-10(8-1-3-12-4-2-8)5-11(15)9-6-16-7-13-9/h1-4,6-7H,5H2. The Morgan fingerprint density at radius 2 is 1.94 bits per heavy atom. The van der Waals surface area contributed by atoms with Crippen molar-refractivity contribution >= 4 is 22.9 Å². The summed E-state index contributed by atoms with van der Waals surface area (Å²) >= 11 is 1.34. The van der Waals surface area contributed by atoms with E-state index in [1.54, 1.807) is 23.0 Å². The minimum absolute atomic E-state index is 0.145. The van der Waals surface area contributed by atoms with Crippen LogP contribution in [0.3, 0.4) is 0 Å². The molecule has 0 bridgehead atoms. The van der Waals surface area contributed by atoms with Crippen LogP contribution in [-0.2, 0) is 0 Å². The lowest BCUT2D eigenvalue weighted by molar-refractivity contribution is 0.0892. The van der Waals surface area contributed by atoms with Crippen LogP contribution < -0.4 is 0 Å². The van der Waals surface area contributed by atoms with E-state index in [4.69, 9.17) is 0 Å². The zero-order chi connectivity index (χ0) is 11.4. The van der Waals surface area contributed by atoms with Gasteiger partial charge in [-0.05, 0) is 12.1 Å². The first-order valence-corrected chi connectivity index (χ1v) is 5.56. The van der Waals surface area contributed by atoms with Gasteiger partial charge in [-0.15, -0.1) is 11.3 Å². The largest absolute Gasteiger partial charge is 0.294 e. The minimum Gasteiger partial charge on any atom is -0.294 e. The van der Waals surface area contributed by atoms with E-state index < -0.39 is 0 Å². The quantitative estimate of drug-likeness (QED) is 0.597. The number of carbonyl (C=O) groups is 2. The molecule has 2 rings (SSSR count). The SMILES string of the molecule is O=C(CC(=O)c1cscn1)c1ccncc1. The third-order valence-corrected chi connectivity index (χ3v) is 2.63. The normalized spacial score (nSPS) is 10.0. The molecule has 0 amide bonds. The second-order valence-corrected chi connectivity index (χ2v) is 3.85. The number of aromatic nitrogens is 2. The highest BCUT2D eigenvalue weighted by molar-refractivity contribution is 7.07. The molecular formula is C11H8N2O2S. The van der Waals surface area contributed by atoms with Gasteiger partial charge in [0.2, 0.25) is 0 Å². The van der Waals surface area contributed by atoms with Crippen LogP contribution >= 0.6 is 11.3 Å². The summed E-state index contributed by atoms with van der Waals surface area (Å²) in [6.07, 6.45) is 2.91. The molecule has 0 aromatic carbocycles. The van der Waals surface area contributed by atoms with Gasteiger partial charge in [0.1, 0.15) is 5.69 Å². The fraction of sp³-hybridized carbons (Fsp3) is 0.0909. The number of ketones is 2. The molecule has 0 saturated carbocycles. The molecule has 0 aliphatic carbocycles. The zero-order valence-corrected chi connectivity index (χ0v) is 9.11. The molecule has 4 nitrogen and oxygen atoms in total. The van der Waals surface area contributed by atoms with Crippen molar-refractivity contribution in [1.29, 1.82) is 0 Å². The Hall–Kier alpha value is -1.88. The molecular weight excluding hydrogens is 224 g/mol. The van der Waals surface area contributed by atoms with Gasteiger partial charge in [0.15, 0.2) is 11.6 Å². The summed E-state index contributed by atoms with van der Waals surface area (Å²) in [5.41, 5.74) is 2.43. The molecule has 0 unspecified atom stereocenters. The first-order chi connectivity index (χ1) is 7.77. The summed E-state index contributed by atoms with van der Waals surface area (Å²) in [5, 5.41) is 1.64. The first kappa shape index (κ1) is 10.6. The topological polar surface area (TPSA) is 59.9 Å². The van der Waals surface area contributed by atoms with Crippen molar-refractivity contribution in [3.05, 3.63) is 46.7 Å². The number of Topliss-reactive ketones (excluding diaryl/α,β-unsaturated/α-hetero) is 2. The number of nitrogens with zero attached hydrogens (tertiary/aromatic N) is 2. The molecule has 0 fully saturated rings. The van der Waals surface area contributed by atoms with Gasteiger partial charge in [-0.3, -0.25) is 14.6 Å². The van der Waals surface area contributed by atoms with E-state index in [9.17, 15) is 9.59 Å². The predicted octanol–water partition coefficient (Wildman–Crippen LogP) is 1.99. The van der Waals surface area contributed by atoms with Gasteiger partial charge in [0.25, 0.3) is 0 Å². The van der Waals surface area contributed by atoms with Crippen LogP contribution in [0.25, 0.3) is 0 Å². The van der Waals surface area contributed by atoms with Crippen LogP contribution in [0.2, 0.25) is 0 Å². The van der Waals surface area contributed by atoms with Crippen molar-refractivity contribution in [2.45, 2.75) is 6.42 Å². The molecule has 2 aromatic rings. The van der Waals surface area contributed by atoms with Crippen LogP contribution in [0.5, 0.6) is 0 Å². The van der Waals surface area contributed by atoms with E-state index in [0.717, 1.165) is 0 Å². The lowest BCUT2D eigenvalue weighted by atomic mass is 10.1. The van der Waals surface area contributed by atoms with Crippen molar-refractivity contribution < 1.29 is 9.59 Å². The molecule has 0 N–H and O–H groups in total. The number of thiazole rings is 1. The van der Waals surface area contributed by atoms with Crippen LogP contribution in [0.15, 0.2) is 35.4 Å². The molecule has 0 saturated heterocycles. The molecule has 2 aromatic heterocycles. The monoisotopic (exact) mass is 232 g/mol. The van der Waals surface area contributed by atoms with Gasteiger partial charge in [0.05, 0.1) is 11.9 Å². The third-order valence-electron chi connectivity index (χ3n) is 2.04. The van der Waals surface area contributed by atoms with Crippen molar-refractivity contribution in [1.82, 2.24) is 9.97 Å². The maximum absolute atomic E-state index is 11.7. The lowest BCUT2D eigenvalue weighted by Crippen LogP contribution is -2.08. The van der Waals surface area contributed by atoms with Gasteiger partial charge in [-0.1, -0.05) is 0 Å². The lowest BCUT2D eigenvalue weighted by Gasteiger charge is -1.97. The second-order valence-electron chi connectivity index (χ2n) is 3.13. The van der Waals surface area contributed by atoms with Gasteiger partial charge >= 0.3 is 0 Å². The van der Waals surface area contributed by atoms with Gasteiger partial charge in [0, 0.05) is 23.3 Å². The highest BCUT2D eigenvalue weighted by Crippen LogP contribution is 2.08. The Balaban J connectivity index is 2.06. The Morgan fingerprint density at radius 3 is 2.56 bits per heavy atom. The molecule has 5 heteroatoms. The van der Waals surface area contributed by atoms with Crippen LogP contribution in [0.4, 0.5) is 0 Å². The Bertz CT molecular complexity index is 494. The van der Waals surface area contributed by atoms with Gasteiger partial charge < -0.3 is 0 Å². The number of pyridine rings is 1. The molecule has 16 heavy (non-hydrogen) atoms. The second kappa shape index (κ2) is 4.76. The van der Waals surface area contributed by atoms with Crippen molar-refractivity contribution in [3.63, 3.8) is 0 Å². The average Bonchev–Trinajstić information content (AvgIpc) is 2.83. The smallest absolute Gasteiger partial charge is 0.189 e. The summed E-state index contributed by atoms with van der Waals surface area (Å²) < 4.78 is 0. The van der Waals surface area contributed by atoms with Crippen LogP contribution in [-0.4, -0.2) is 21.5 Å². The summed E-state index contributed by atoms with van der Waals surface area (Å²) in [6.45, 7) is 0. The van der Waals surface area contributed by atoms with E-state index >= 15 is 0 Å². The fourth-order valence-electron chi connectivity index (χ4n) is 1.23. The molecule has 0 atom stereocenters. The highest BCUT2D eigenvalue weighted by Gasteiger charge is 2.14. The maximum atomic E-state index is 11.7. The van der Waals surface area contributed by atoms with E-state index in [1.165, 1.54) is 23.7 Å². The minimum atomic E-state index is -0.247. The fourth-order valence-corrected chi connectivity index (χ4v) is 1.78.